The Labute approximate surface area is 138 Å². The van der Waals surface area contributed by atoms with E-state index in [2.05, 4.69) is 22.2 Å². The SMILES string of the molecule is CC(NS(=O)(=O)N1C[C@@H]2C[C@H]1CN2)C1(c2ccccc2)CCC1. The molecule has 2 aliphatic heterocycles. The Bertz CT molecular complexity index is 672. The first-order chi connectivity index (χ1) is 11.0. The van der Waals surface area contributed by atoms with Gasteiger partial charge in [0.05, 0.1) is 0 Å². The number of rotatable bonds is 5. The Hall–Kier alpha value is -0.950. The van der Waals surface area contributed by atoms with E-state index < -0.39 is 10.2 Å². The second-order valence-corrected chi connectivity index (χ2v) is 8.94. The van der Waals surface area contributed by atoms with E-state index in [1.807, 2.05) is 25.1 Å². The summed E-state index contributed by atoms with van der Waals surface area (Å²) in [6.45, 7) is 3.41. The number of hydrogen-bond acceptors (Lipinski definition) is 3. The number of nitrogens with one attached hydrogen (secondary N) is 2. The minimum absolute atomic E-state index is 0.0503. The highest BCUT2D eigenvalue weighted by Crippen LogP contribution is 2.46. The summed E-state index contributed by atoms with van der Waals surface area (Å²) in [6.07, 6.45) is 4.21. The third-order valence-corrected chi connectivity index (χ3v) is 7.78. The summed E-state index contributed by atoms with van der Waals surface area (Å²) in [6, 6.07) is 10.7. The van der Waals surface area contributed by atoms with Crippen LogP contribution in [0.4, 0.5) is 0 Å². The van der Waals surface area contributed by atoms with E-state index in [1.54, 1.807) is 4.31 Å². The molecule has 3 fully saturated rings. The van der Waals surface area contributed by atoms with Gasteiger partial charge in [-0.25, -0.2) is 0 Å². The third kappa shape index (κ3) is 2.52. The lowest BCUT2D eigenvalue weighted by molar-refractivity contribution is 0.191. The van der Waals surface area contributed by atoms with Crippen LogP contribution in [0, 0.1) is 0 Å². The number of nitrogens with zero attached hydrogens (tertiary/aromatic N) is 1. The highest BCUT2D eigenvalue weighted by Gasteiger charge is 2.48. The van der Waals surface area contributed by atoms with Gasteiger partial charge in [-0.2, -0.15) is 17.4 Å². The summed E-state index contributed by atoms with van der Waals surface area (Å²) < 4.78 is 30.3. The van der Waals surface area contributed by atoms with Crippen molar-refractivity contribution in [1.82, 2.24) is 14.3 Å². The number of hydrogen-bond donors (Lipinski definition) is 2. The van der Waals surface area contributed by atoms with Gasteiger partial charge in [0, 0.05) is 36.6 Å². The molecular weight excluding hydrogens is 310 g/mol. The molecule has 1 aromatic carbocycles. The van der Waals surface area contributed by atoms with E-state index >= 15 is 0 Å². The van der Waals surface area contributed by atoms with Gasteiger partial charge in [0.15, 0.2) is 0 Å². The molecule has 1 aromatic rings. The Kier molecular flexibility index (Phi) is 3.76. The lowest BCUT2D eigenvalue weighted by atomic mass is 9.61. The predicted octanol–water partition coefficient (Wildman–Crippen LogP) is 1.38. The Morgan fingerprint density at radius 3 is 2.57 bits per heavy atom. The van der Waals surface area contributed by atoms with E-state index in [4.69, 9.17) is 0 Å². The fraction of sp³-hybridized carbons (Fsp3) is 0.647. The van der Waals surface area contributed by atoms with Crippen molar-refractivity contribution in [2.45, 2.75) is 56.1 Å². The van der Waals surface area contributed by atoms with Crippen LogP contribution in [-0.4, -0.2) is 43.9 Å². The Morgan fingerprint density at radius 1 is 1.30 bits per heavy atom. The van der Waals surface area contributed by atoms with Crippen LogP contribution in [0.3, 0.4) is 0 Å². The van der Waals surface area contributed by atoms with Crippen LogP contribution < -0.4 is 10.0 Å². The summed E-state index contributed by atoms with van der Waals surface area (Å²) in [5.41, 5.74) is 1.21. The van der Waals surface area contributed by atoms with Crippen LogP contribution >= 0.6 is 0 Å². The quantitative estimate of drug-likeness (QED) is 0.854. The van der Waals surface area contributed by atoms with Gasteiger partial charge in [-0.15, -0.1) is 0 Å². The smallest absolute Gasteiger partial charge is 0.280 e. The molecule has 2 N–H and O–H groups in total. The van der Waals surface area contributed by atoms with Crippen molar-refractivity contribution in [1.29, 1.82) is 0 Å². The van der Waals surface area contributed by atoms with Crippen molar-refractivity contribution < 1.29 is 8.42 Å². The highest BCUT2D eigenvalue weighted by atomic mass is 32.2. The maximum Gasteiger partial charge on any atom is 0.280 e. The molecule has 1 saturated carbocycles. The van der Waals surface area contributed by atoms with Crippen LogP contribution in [-0.2, 0) is 15.6 Å². The zero-order valence-electron chi connectivity index (χ0n) is 13.5. The third-order valence-electron chi connectivity index (χ3n) is 6.06. The van der Waals surface area contributed by atoms with Crippen LogP contribution in [0.5, 0.6) is 0 Å². The van der Waals surface area contributed by atoms with Crippen molar-refractivity contribution >= 4 is 10.2 Å². The highest BCUT2D eigenvalue weighted by molar-refractivity contribution is 7.87. The van der Waals surface area contributed by atoms with Crippen molar-refractivity contribution in [2.24, 2.45) is 0 Å². The molecule has 6 heteroatoms. The molecule has 1 unspecified atom stereocenters. The summed E-state index contributed by atoms with van der Waals surface area (Å²) in [4.78, 5) is 0. The zero-order valence-corrected chi connectivity index (χ0v) is 14.3. The lowest BCUT2D eigenvalue weighted by Gasteiger charge is -2.47. The van der Waals surface area contributed by atoms with E-state index in [0.29, 0.717) is 12.6 Å². The van der Waals surface area contributed by atoms with E-state index in [9.17, 15) is 8.42 Å². The van der Waals surface area contributed by atoms with Gasteiger partial charge in [-0.1, -0.05) is 36.8 Å². The van der Waals surface area contributed by atoms with Crippen LogP contribution in [0.25, 0.3) is 0 Å². The largest absolute Gasteiger partial charge is 0.311 e. The molecule has 3 atom stereocenters. The first kappa shape index (κ1) is 15.6. The van der Waals surface area contributed by atoms with Gasteiger partial charge in [0.2, 0.25) is 0 Å². The van der Waals surface area contributed by atoms with E-state index in [1.165, 1.54) is 12.0 Å². The maximum atomic E-state index is 12.8. The molecule has 4 rings (SSSR count). The molecule has 3 aliphatic rings. The van der Waals surface area contributed by atoms with E-state index in [0.717, 1.165) is 25.8 Å². The number of benzene rings is 1. The van der Waals surface area contributed by atoms with Crippen LogP contribution in [0.1, 0.15) is 38.2 Å². The van der Waals surface area contributed by atoms with Gasteiger partial charge < -0.3 is 5.32 Å². The van der Waals surface area contributed by atoms with Crippen LogP contribution in [0.15, 0.2) is 30.3 Å². The van der Waals surface area contributed by atoms with Crippen molar-refractivity contribution in [3.8, 4) is 0 Å². The van der Waals surface area contributed by atoms with Crippen molar-refractivity contribution in [3.63, 3.8) is 0 Å². The van der Waals surface area contributed by atoms with Gasteiger partial charge in [0.1, 0.15) is 0 Å². The number of piperazine rings is 1. The molecule has 0 spiro atoms. The van der Waals surface area contributed by atoms with Gasteiger partial charge in [-0.3, -0.25) is 0 Å². The molecule has 0 radical (unpaired) electrons. The van der Waals surface area contributed by atoms with Crippen LogP contribution in [0.2, 0.25) is 0 Å². The summed E-state index contributed by atoms with van der Waals surface area (Å²) in [5, 5.41) is 3.36. The zero-order chi connectivity index (χ0) is 16.1. The van der Waals surface area contributed by atoms with Crippen molar-refractivity contribution in [2.75, 3.05) is 13.1 Å². The fourth-order valence-electron chi connectivity index (χ4n) is 4.52. The van der Waals surface area contributed by atoms with Gasteiger partial charge >= 0.3 is 0 Å². The molecule has 1 aliphatic carbocycles. The maximum absolute atomic E-state index is 12.8. The molecule has 126 valence electrons. The Balaban J connectivity index is 1.54. The van der Waals surface area contributed by atoms with E-state index in [-0.39, 0.29) is 17.5 Å². The molecule has 2 saturated heterocycles. The molecule has 23 heavy (non-hydrogen) atoms. The molecule has 2 bridgehead atoms. The average molecular weight is 335 g/mol. The normalized spacial score (nSPS) is 31.0. The van der Waals surface area contributed by atoms with Crippen molar-refractivity contribution in [3.05, 3.63) is 35.9 Å². The number of fused-ring (bicyclic) bond motifs is 2. The Morgan fingerprint density at radius 2 is 2.04 bits per heavy atom. The van der Waals surface area contributed by atoms with Gasteiger partial charge in [0.25, 0.3) is 10.2 Å². The average Bonchev–Trinajstić information content (AvgIpc) is 3.09. The second-order valence-electron chi connectivity index (χ2n) is 7.28. The first-order valence-electron chi connectivity index (χ1n) is 8.59. The molecule has 0 amide bonds. The topological polar surface area (TPSA) is 61.4 Å². The summed E-state index contributed by atoms with van der Waals surface area (Å²) >= 11 is 0. The predicted molar refractivity (Wildman–Crippen MR) is 90.4 cm³/mol. The van der Waals surface area contributed by atoms with Gasteiger partial charge in [-0.05, 0) is 31.7 Å². The molecule has 0 aromatic heterocycles. The standard InChI is InChI=1S/C17H25N3O2S/c1-13(17(8-5-9-17)14-6-3-2-4-7-14)19-23(21,22)20-12-15-10-16(20)11-18-15/h2-4,6-7,13,15-16,18-19H,5,8-12H2,1H3/t13?,15-,16-/m0/s1. The lowest BCUT2D eigenvalue weighted by Crippen LogP contribution is -2.58. The molecule has 2 heterocycles. The molecular formula is C17H25N3O2S. The fourth-order valence-corrected chi connectivity index (χ4v) is 6.26. The first-order valence-corrected chi connectivity index (χ1v) is 10.0. The minimum atomic E-state index is -3.41. The second kappa shape index (κ2) is 5.55. The molecule has 5 nitrogen and oxygen atoms in total. The summed E-state index contributed by atoms with van der Waals surface area (Å²) in [7, 11) is -3.41. The summed E-state index contributed by atoms with van der Waals surface area (Å²) in [5.74, 6) is 0. The monoisotopic (exact) mass is 335 g/mol. The minimum Gasteiger partial charge on any atom is -0.311 e.